The number of hydrogen-bond acceptors (Lipinski definition) is 2. The third-order valence-corrected chi connectivity index (χ3v) is 3.07. The molecule has 0 radical (unpaired) electrons. The largest absolute Gasteiger partial charge is 0.457 e. The highest BCUT2D eigenvalue weighted by atomic mass is 16.5. The van der Waals surface area contributed by atoms with E-state index in [-0.39, 0.29) is 6.61 Å². The molecule has 0 saturated heterocycles. The molecule has 2 heteroatoms. The number of ether oxygens (including phenoxy) is 1. The number of para-hydroxylation sites is 1. The van der Waals surface area contributed by atoms with Crippen LogP contribution in [0.2, 0.25) is 0 Å². The summed E-state index contributed by atoms with van der Waals surface area (Å²) in [6.07, 6.45) is 0.948. The average Bonchev–Trinajstić information content (AvgIpc) is 2.39. The highest BCUT2D eigenvalue weighted by Crippen LogP contribution is 2.27. The first-order valence-corrected chi connectivity index (χ1v) is 6.20. The summed E-state index contributed by atoms with van der Waals surface area (Å²) < 4.78 is 5.90. The van der Waals surface area contributed by atoms with Gasteiger partial charge in [-0.05, 0) is 48.2 Å². The summed E-state index contributed by atoms with van der Waals surface area (Å²) >= 11 is 0. The molecule has 0 aliphatic carbocycles. The van der Waals surface area contributed by atoms with Crippen LogP contribution in [0, 0.1) is 6.92 Å². The van der Waals surface area contributed by atoms with Crippen LogP contribution >= 0.6 is 0 Å². The molecule has 2 aromatic carbocycles. The van der Waals surface area contributed by atoms with Crippen molar-refractivity contribution in [3.8, 4) is 11.5 Å². The van der Waals surface area contributed by atoms with Crippen molar-refractivity contribution in [3.63, 3.8) is 0 Å². The zero-order valence-corrected chi connectivity index (χ0v) is 10.8. The molecule has 2 nitrogen and oxygen atoms in total. The Balaban J connectivity index is 2.26. The van der Waals surface area contributed by atoms with E-state index < -0.39 is 0 Å². The number of aryl methyl sites for hydroxylation is 2. The van der Waals surface area contributed by atoms with Crippen molar-refractivity contribution in [1.82, 2.24) is 0 Å². The molecule has 2 aromatic rings. The second-order valence-corrected chi connectivity index (χ2v) is 4.31. The van der Waals surface area contributed by atoms with Crippen LogP contribution in [-0.2, 0) is 13.0 Å². The first-order chi connectivity index (χ1) is 8.74. The smallest absolute Gasteiger partial charge is 0.130 e. The van der Waals surface area contributed by atoms with Crippen LogP contribution in [0.3, 0.4) is 0 Å². The van der Waals surface area contributed by atoms with Crippen LogP contribution in [0.1, 0.15) is 23.6 Å². The van der Waals surface area contributed by atoms with Crippen molar-refractivity contribution in [2.75, 3.05) is 0 Å². The molecule has 0 bridgehead atoms. The molecule has 0 aliphatic heterocycles. The predicted octanol–water partition coefficient (Wildman–Crippen LogP) is 3.84. The first-order valence-electron chi connectivity index (χ1n) is 6.20. The number of hydrogen-bond donors (Lipinski definition) is 1. The first kappa shape index (κ1) is 12.7. The van der Waals surface area contributed by atoms with Gasteiger partial charge in [-0.2, -0.15) is 0 Å². The predicted molar refractivity (Wildman–Crippen MR) is 73.0 cm³/mol. The van der Waals surface area contributed by atoms with Gasteiger partial charge in [-0.1, -0.05) is 31.2 Å². The minimum Gasteiger partial charge on any atom is -0.457 e. The quantitative estimate of drug-likeness (QED) is 0.882. The number of benzene rings is 2. The monoisotopic (exact) mass is 242 g/mol. The van der Waals surface area contributed by atoms with E-state index in [1.165, 1.54) is 5.56 Å². The second-order valence-electron chi connectivity index (χ2n) is 4.31. The Morgan fingerprint density at radius 2 is 1.83 bits per heavy atom. The molecule has 0 spiro atoms. The van der Waals surface area contributed by atoms with Crippen LogP contribution in [0.25, 0.3) is 0 Å². The fourth-order valence-corrected chi connectivity index (χ4v) is 1.93. The standard InChI is InChI=1S/C16H18O2/c1-3-13-6-4-5-7-16(13)18-15-9-8-14(11-17)12(2)10-15/h4-10,17H,3,11H2,1-2H3. The maximum atomic E-state index is 9.14. The highest BCUT2D eigenvalue weighted by molar-refractivity contribution is 5.40. The molecule has 18 heavy (non-hydrogen) atoms. The molecule has 0 fully saturated rings. The summed E-state index contributed by atoms with van der Waals surface area (Å²) in [6.45, 7) is 4.16. The minimum absolute atomic E-state index is 0.0671. The van der Waals surface area contributed by atoms with Crippen molar-refractivity contribution < 1.29 is 9.84 Å². The molecule has 0 atom stereocenters. The minimum atomic E-state index is 0.0671. The molecule has 1 N–H and O–H groups in total. The molecule has 0 amide bonds. The Morgan fingerprint density at radius 3 is 2.50 bits per heavy atom. The number of aliphatic hydroxyl groups excluding tert-OH is 1. The average molecular weight is 242 g/mol. The van der Waals surface area contributed by atoms with Crippen LogP contribution < -0.4 is 4.74 Å². The van der Waals surface area contributed by atoms with E-state index in [0.29, 0.717) is 0 Å². The van der Waals surface area contributed by atoms with E-state index in [4.69, 9.17) is 9.84 Å². The Kier molecular flexibility index (Phi) is 4.00. The zero-order valence-electron chi connectivity index (χ0n) is 10.8. The zero-order chi connectivity index (χ0) is 13.0. The summed E-state index contributed by atoms with van der Waals surface area (Å²) in [5.41, 5.74) is 3.18. The van der Waals surface area contributed by atoms with Crippen molar-refractivity contribution >= 4 is 0 Å². The van der Waals surface area contributed by atoms with E-state index in [0.717, 1.165) is 29.0 Å². The van der Waals surface area contributed by atoms with Gasteiger partial charge in [-0.15, -0.1) is 0 Å². The van der Waals surface area contributed by atoms with E-state index in [1.807, 2.05) is 43.3 Å². The van der Waals surface area contributed by atoms with Gasteiger partial charge in [0.05, 0.1) is 6.61 Å². The molecule has 94 valence electrons. The highest BCUT2D eigenvalue weighted by Gasteiger charge is 2.04. The van der Waals surface area contributed by atoms with Gasteiger partial charge in [-0.3, -0.25) is 0 Å². The van der Waals surface area contributed by atoms with E-state index in [1.54, 1.807) is 0 Å². The van der Waals surface area contributed by atoms with E-state index in [2.05, 4.69) is 13.0 Å². The van der Waals surface area contributed by atoms with Crippen molar-refractivity contribution in [3.05, 3.63) is 59.2 Å². The third kappa shape index (κ3) is 2.71. The summed E-state index contributed by atoms with van der Waals surface area (Å²) in [5.74, 6) is 1.71. The van der Waals surface area contributed by atoms with Gasteiger partial charge in [0.25, 0.3) is 0 Å². The molecule has 0 aromatic heterocycles. The van der Waals surface area contributed by atoms with Gasteiger partial charge >= 0.3 is 0 Å². The molecular weight excluding hydrogens is 224 g/mol. The Labute approximate surface area is 108 Å². The lowest BCUT2D eigenvalue weighted by molar-refractivity contribution is 0.281. The van der Waals surface area contributed by atoms with Gasteiger partial charge in [-0.25, -0.2) is 0 Å². The Hall–Kier alpha value is -1.80. The number of rotatable bonds is 4. The molecule has 0 saturated carbocycles. The third-order valence-electron chi connectivity index (χ3n) is 3.07. The molecule has 2 rings (SSSR count). The summed E-state index contributed by atoms with van der Waals surface area (Å²) in [4.78, 5) is 0. The fraction of sp³-hybridized carbons (Fsp3) is 0.250. The van der Waals surface area contributed by atoms with E-state index in [9.17, 15) is 0 Å². The lowest BCUT2D eigenvalue weighted by atomic mass is 10.1. The topological polar surface area (TPSA) is 29.5 Å². The maximum Gasteiger partial charge on any atom is 0.130 e. The summed E-state index contributed by atoms with van der Waals surface area (Å²) in [5, 5.41) is 9.14. The van der Waals surface area contributed by atoms with Gasteiger partial charge in [0.1, 0.15) is 11.5 Å². The second kappa shape index (κ2) is 5.69. The van der Waals surface area contributed by atoms with Gasteiger partial charge < -0.3 is 9.84 Å². The molecule has 0 aliphatic rings. The number of aliphatic hydroxyl groups is 1. The molecule has 0 heterocycles. The van der Waals surface area contributed by atoms with Gasteiger partial charge in [0.15, 0.2) is 0 Å². The van der Waals surface area contributed by atoms with Crippen molar-refractivity contribution in [2.24, 2.45) is 0 Å². The van der Waals surface area contributed by atoms with Crippen molar-refractivity contribution in [1.29, 1.82) is 0 Å². The molecular formula is C16H18O2. The SMILES string of the molecule is CCc1ccccc1Oc1ccc(CO)c(C)c1. The fourth-order valence-electron chi connectivity index (χ4n) is 1.93. The van der Waals surface area contributed by atoms with Crippen LogP contribution in [0.4, 0.5) is 0 Å². The van der Waals surface area contributed by atoms with Gasteiger partial charge in [0, 0.05) is 0 Å². The normalized spacial score (nSPS) is 10.4. The lowest BCUT2D eigenvalue weighted by Crippen LogP contribution is -1.93. The van der Waals surface area contributed by atoms with Crippen LogP contribution in [0.5, 0.6) is 11.5 Å². The summed E-state index contributed by atoms with van der Waals surface area (Å²) in [6, 6.07) is 13.8. The van der Waals surface area contributed by atoms with Crippen LogP contribution in [-0.4, -0.2) is 5.11 Å². The Morgan fingerprint density at radius 1 is 1.06 bits per heavy atom. The maximum absolute atomic E-state index is 9.14. The summed E-state index contributed by atoms with van der Waals surface area (Å²) in [7, 11) is 0. The van der Waals surface area contributed by atoms with Crippen molar-refractivity contribution in [2.45, 2.75) is 26.9 Å². The van der Waals surface area contributed by atoms with Crippen LogP contribution in [0.15, 0.2) is 42.5 Å². The van der Waals surface area contributed by atoms with Gasteiger partial charge in [0.2, 0.25) is 0 Å². The molecule has 0 unspecified atom stereocenters. The Bertz CT molecular complexity index is 532. The lowest BCUT2D eigenvalue weighted by Gasteiger charge is -2.11. The van der Waals surface area contributed by atoms with E-state index >= 15 is 0 Å².